The number of hydrogen-bond donors (Lipinski definition) is 0. The average Bonchev–Trinajstić information content (AvgIpc) is 2.26. The van der Waals surface area contributed by atoms with Gasteiger partial charge >= 0.3 is 66.4 Å². The molecule has 0 radical (unpaired) electrons. The first-order valence-corrected chi connectivity index (χ1v) is 3.89. The third kappa shape index (κ3) is 2.71. The summed E-state index contributed by atoms with van der Waals surface area (Å²) in [6.07, 6.45) is 1.44. The van der Waals surface area contributed by atoms with Gasteiger partial charge in [0.15, 0.2) is 0 Å². The number of rotatable bonds is 3. The fourth-order valence-electron chi connectivity index (χ4n) is 1.16. The summed E-state index contributed by atoms with van der Waals surface area (Å²) in [4.78, 5) is 0. The first kappa shape index (κ1) is 8.88. The minimum absolute atomic E-state index is 0.107. The first-order chi connectivity index (χ1) is 5.14. The maximum atomic E-state index is 10.0. The van der Waals surface area contributed by atoms with Crippen molar-refractivity contribution in [1.29, 1.82) is 0 Å². The van der Waals surface area contributed by atoms with E-state index in [0.717, 1.165) is 13.6 Å². The molecular weight excluding hydrogens is 143 g/mol. The van der Waals surface area contributed by atoms with E-state index in [1.165, 1.54) is 0 Å². The van der Waals surface area contributed by atoms with Crippen LogP contribution in [0.3, 0.4) is 0 Å². The van der Waals surface area contributed by atoms with Crippen molar-refractivity contribution >= 4 is 7.15 Å². The Bertz CT molecular complexity index is 147. The van der Waals surface area contributed by atoms with E-state index in [2.05, 4.69) is 0 Å². The molecule has 0 spiro atoms. The summed E-state index contributed by atoms with van der Waals surface area (Å²) in [6, 6.07) is 0. The van der Waals surface area contributed by atoms with Gasteiger partial charge in [0.1, 0.15) is 0 Å². The van der Waals surface area contributed by atoms with Crippen molar-refractivity contribution in [2.75, 3.05) is 6.61 Å². The first-order valence-electron chi connectivity index (χ1n) is 3.89. The average molecular weight is 156 g/mol. The van der Waals surface area contributed by atoms with Gasteiger partial charge in [-0.25, -0.2) is 0 Å². The normalized spacial score (nSPS) is 28.4. The summed E-state index contributed by atoms with van der Waals surface area (Å²) >= 11 is 0. The van der Waals surface area contributed by atoms with Crippen molar-refractivity contribution in [1.82, 2.24) is 0 Å². The van der Waals surface area contributed by atoms with Crippen LogP contribution in [0, 0.1) is 0 Å². The Balaban J connectivity index is 2.24. The van der Waals surface area contributed by atoms with E-state index in [4.69, 9.17) is 9.47 Å². The molecule has 0 aromatic rings. The molecule has 0 aliphatic carbocycles. The van der Waals surface area contributed by atoms with E-state index in [1.807, 2.05) is 13.8 Å². The second-order valence-corrected chi connectivity index (χ2v) is 3.19. The van der Waals surface area contributed by atoms with Gasteiger partial charge in [0.2, 0.25) is 0 Å². The van der Waals surface area contributed by atoms with E-state index in [0.29, 0.717) is 12.9 Å². The predicted octanol–water partition coefficient (Wildman–Crippen LogP) is 0.996. The van der Waals surface area contributed by atoms with Crippen LogP contribution in [0.1, 0.15) is 20.3 Å². The van der Waals surface area contributed by atoms with Crippen LogP contribution >= 0.6 is 0 Å². The van der Waals surface area contributed by atoms with E-state index in [9.17, 15) is 4.70 Å². The van der Waals surface area contributed by atoms with E-state index in [-0.39, 0.29) is 6.10 Å². The van der Waals surface area contributed by atoms with E-state index < -0.39 is 5.79 Å². The molecule has 0 aromatic carbocycles. The zero-order chi connectivity index (χ0) is 8.32. The second-order valence-electron chi connectivity index (χ2n) is 3.19. The van der Waals surface area contributed by atoms with Crippen molar-refractivity contribution in [3.63, 3.8) is 0 Å². The molecule has 1 aliphatic rings. The fraction of sp³-hybridized carbons (Fsp3) is 1.00. The van der Waals surface area contributed by atoms with Crippen LogP contribution in [0.2, 0.25) is 6.32 Å². The molecule has 0 N–H and O–H groups in total. The molecule has 0 bridgehead atoms. The van der Waals surface area contributed by atoms with Crippen LogP contribution in [-0.2, 0) is 14.2 Å². The van der Waals surface area contributed by atoms with E-state index >= 15 is 0 Å². The zero-order valence-electron chi connectivity index (χ0n) is 7.00. The maximum absolute atomic E-state index is 10.0. The molecular formula is C7H13BO3. The van der Waals surface area contributed by atoms with Crippen molar-refractivity contribution in [2.45, 2.75) is 38.5 Å². The van der Waals surface area contributed by atoms with Gasteiger partial charge in [-0.3, -0.25) is 0 Å². The molecule has 0 aromatic heterocycles. The molecule has 11 heavy (non-hydrogen) atoms. The topological polar surface area (TPSA) is 35.5 Å². The Morgan fingerprint density at radius 1 is 1.64 bits per heavy atom. The van der Waals surface area contributed by atoms with Gasteiger partial charge in [-0.2, -0.15) is 0 Å². The second kappa shape index (κ2) is 3.45. The number of hydrogen-bond acceptors (Lipinski definition) is 3. The monoisotopic (exact) mass is 156 g/mol. The Kier molecular flexibility index (Phi) is 2.79. The SMILES string of the molecule is CC1(C)OCC(CCB=O)O1. The van der Waals surface area contributed by atoms with Gasteiger partial charge in [-0.05, 0) is 0 Å². The zero-order valence-corrected chi connectivity index (χ0v) is 7.00. The Morgan fingerprint density at radius 3 is 2.82 bits per heavy atom. The summed E-state index contributed by atoms with van der Waals surface area (Å²) in [6.45, 7) is 4.38. The van der Waals surface area contributed by atoms with Crippen LogP contribution in [0.25, 0.3) is 0 Å². The van der Waals surface area contributed by atoms with Crippen LogP contribution in [-0.4, -0.2) is 25.6 Å². The molecule has 1 aliphatic heterocycles. The van der Waals surface area contributed by atoms with Gasteiger partial charge < -0.3 is 0 Å². The molecule has 1 atom stereocenters. The Hall–Kier alpha value is -0.215. The van der Waals surface area contributed by atoms with Crippen LogP contribution < -0.4 is 0 Å². The summed E-state index contributed by atoms with van der Waals surface area (Å²) < 4.78 is 20.8. The standard InChI is InChI=1S/C7H13BO3/c1-7(2)10-5-6(11-7)3-4-8-9/h6H,3-5H2,1-2H3. The molecule has 0 saturated carbocycles. The van der Waals surface area contributed by atoms with Gasteiger partial charge in [0.05, 0.1) is 0 Å². The predicted molar refractivity (Wildman–Crippen MR) is 40.8 cm³/mol. The quantitative estimate of drug-likeness (QED) is 0.571. The van der Waals surface area contributed by atoms with Crippen molar-refractivity contribution in [3.8, 4) is 0 Å². The summed E-state index contributed by atoms with van der Waals surface area (Å²) in [5.41, 5.74) is 0. The summed E-state index contributed by atoms with van der Waals surface area (Å²) in [5.74, 6) is -0.451. The Labute approximate surface area is 67.3 Å². The summed E-state index contributed by atoms with van der Waals surface area (Å²) in [5, 5.41) is 0. The Morgan fingerprint density at radius 2 is 2.36 bits per heavy atom. The molecule has 1 unspecified atom stereocenters. The molecule has 4 heteroatoms. The van der Waals surface area contributed by atoms with Gasteiger partial charge in [0.25, 0.3) is 0 Å². The van der Waals surface area contributed by atoms with Gasteiger partial charge in [-0.1, -0.05) is 0 Å². The van der Waals surface area contributed by atoms with Crippen molar-refractivity contribution < 1.29 is 14.2 Å². The molecule has 62 valence electrons. The fourth-order valence-corrected chi connectivity index (χ4v) is 1.16. The third-order valence-corrected chi connectivity index (χ3v) is 1.67. The van der Waals surface area contributed by atoms with Crippen LogP contribution in [0.5, 0.6) is 0 Å². The van der Waals surface area contributed by atoms with Gasteiger partial charge in [0, 0.05) is 0 Å². The van der Waals surface area contributed by atoms with Crippen molar-refractivity contribution in [2.24, 2.45) is 0 Å². The molecule has 1 rings (SSSR count). The third-order valence-electron chi connectivity index (χ3n) is 1.67. The minimum atomic E-state index is -0.451. The molecule has 3 nitrogen and oxygen atoms in total. The van der Waals surface area contributed by atoms with Crippen molar-refractivity contribution in [3.05, 3.63) is 0 Å². The molecule has 1 saturated heterocycles. The van der Waals surface area contributed by atoms with Gasteiger partial charge in [-0.15, -0.1) is 0 Å². The molecule has 1 heterocycles. The van der Waals surface area contributed by atoms with Crippen LogP contribution in [0.15, 0.2) is 0 Å². The molecule has 1 fully saturated rings. The van der Waals surface area contributed by atoms with E-state index in [1.54, 1.807) is 0 Å². The van der Waals surface area contributed by atoms with Crippen LogP contribution in [0.4, 0.5) is 0 Å². The molecule has 0 amide bonds. The number of ether oxygens (including phenoxy) is 2. The summed E-state index contributed by atoms with van der Waals surface area (Å²) in [7, 11) is 0.911.